The number of carbonyl (C=O) groups excluding carboxylic acids is 2. The van der Waals surface area contributed by atoms with E-state index in [2.05, 4.69) is 36.3 Å². The fourth-order valence-electron chi connectivity index (χ4n) is 3.21. The fraction of sp³-hybridized carbons (Fsp3) is 0.174. The Bertz CT molecular complexity index is 1170. The first kappa shape index (κ1) is 23.1. The van der Waals surface area contributed by atoms with Crippen molar-refractivity contribution in [2.24, 2.45) is 5.10 Å². The maximum absolute atomic E-state index is 12.3. The molecule has 0 radical (unpaired) electrons. The van der Waals surface area contributed by atoms with Gasteiger partial charge in [-0.25, -0.2) is 5.43 Å². The third-order valence-electron chi connectivity index (χ3n) is 4.79. The molecule has 0 aliphatic heterocycles. The summed E-state index contributed by atoms with van der Waals surface area (Å²) in [5, 5.41) is 6.44. The van der Waals surface area contributed by atoms with E-state index in [0.717, 1.165) is 27.1 Å². The third-order valence-corrected chi connectivity index (χ3v) is 5.31. The Morgan fingerprint density at radius 3 is 2.38 bits per heavy atom. The van der Waals surface area contributed by atoms with Crippen molar-refractivity contribution < 1.29 is 19.1 Å². The number of carbonyl (C=O) groups is 2. The zero-order valence-electron chi connectivity index (χ0n) is 18.1. The average molecular weight is 499 g/mol. The van der Waals surface area contributed by atoms with Gasteiger partial charge in [0.15, 0.2) is 0 Å². The Morgan fingerprint density at radius 2 is 1.72 bits per heavy atom. The van der Waals surface area contributed by atoms with Crippen LogP contribution in [0, 0.1) is 13.8 Å². The van der Waals surface area contributed by atoms with Crippen LogP contribution in [-0.4, -0.2) is 36.8 Å². The van der Waals surface area contributed by atoms with Gasteiger partial charge in [0.2, 0.25) is 0 Å². The molecule has 0 saturated carbocycles. The van der Waals surface area contributed by atoms with Crippen LogP contribution in [0.4, 0.5) is 5.69 Å². The van der Waals surface area contributed by atoms with Crippen LogP contribution in [0.25, 0.3) is 5.69 Å². The molecule has 0 atom stereocenters. The van der Waals surface area contributed by atoms with Crippen molar-refractivity contribution in [1.29, 1.82) is 0 Å². The molecule has 2 amide bonds. The quantitative estimate of drug-likeness (QED) is 0.305. The summed E-state index contributed by atoms with van der Waals surface area (Å²) in [4.78, 5) is 24.4. The molecule has 8 nitrogen and oxygen atoms in total. The molecule has 2 N–H and O–H groups in total. The first-order chi connectivity index (χ1) is 15.3. The van der Waals surface area contributed by atoms with E-state index in [0.29, 0.717) is 17.2 Å². The minimum atomic E-state index is -0.909. The second-order valence-corrected chi connectivity index (χ2v) is 7.77. The van der Waals surface area contributed by atoms with E-state index >= 15 is 0 Å². The van der Waals surface area contributed by atoms with Crippen LogP contribution in [0.15, 0.2) is 58.1 Å². The van der Waals surface area contributed by atoms with Crippen molar-refractivity contribution in [3.05, 3.63) is 70.0 Å². The molecule has 9 heteroatoms. The van der Waals surface area contributed by atoms with Gasteiger partial charge in [-0.05, 0) is 56.3 Å². The predicted molar refractivity (Wildman–Crippen MR) is 127 cm³/mol. The lowest BCUT2D eigenvalue weighted by atomic mass is 10.2. The summed E-state index contributed by atoms with van der Waals surface area (Å²) < 4.78 is 13.4. The van der Waals surface area contributed by atoms with E-state index < -0.39 is 11.8 Å². The minimum Gasteiger partial charge on any atom is -0.497 e. The Labute approximate surface area is 194 Å². The number of hydrazone groups is 1. The number of aryl methyl sites for hydroxylation is 1. The van der Waals surface area contributed by atoms with Crippen molar-refractivity contribution in [2.75, 3.05) is 19.5 Å². The SMILES string of the molecule is COc1ccc(OC)c(NC(=O)C(=O)N/N=C\c2cc(C)n(-c3ccc(Br)cc3)c2C)c1. The molecular formula is C23H23BrN4O4. The number of benzene rings is 2. The highest BCUT2D eigenvalue weighted by molar-refractivity contribution is 9.10. The van der Waals surface area contributed by atoms with Crippen LogP contribution in [0.5, 0.6) is 11.5 Å². The molecule has 3 aromatic rings. The highest BCUT2D eigenvalue weighted by Crippen LogP contribution is 2.28. The summed E-state index contributed by atoms with van der Waals surface area (Å²) in [6, 6.07) is 14.8. The van der Waals surface area contributed by atoms with Crippen LogP contribution in [0.1, 0.15) is 17.0 Å². The topological polar surface area (TPSA) is 93.9 Å². The summed E-state index contributed by atoms with van der Waals surface area (Å²) in [5.41, 5.74) is 6.36. The van der Waals surface area contributed by atoms with Crippen molar-refractivity contribution in [2.45, 2.75) is 13.8 Å². The summed E-state index contributed by atoms with van der Waals surface area (Å²) >= 11 is 3.44. The smallest absolute Gasteiger partial charge is 0.329 e. The van der Waals surface area contributed by atoms with Gasteiger partial charge >= 0.3 is 11.8 Å². The maximum atomic E-state index is 12.3. The molecule has 32 heavy (non-hydrogen) atoms. The summed E-state index contributed by atoms with van der Waals surface area (Å²) in [6.07, 6.45) is 1.51. The van der Waals surface area contributed by atoms with Gasteiger partial charge in [-0.1, -0.05) is 15.9 Å². The third kappa shape index (κ3) is 5.17. The van der Waals surface area contributed by atoms with E-state index in [-0.39, 0.29) is 0 Å². The van der Waals surface area contributed by atoms with Crippen molar-refractivity contribution in [1.82, 2.24) is 9.99 Å². The number of nitrogens with one attached hydrogen (secondary N) is 2. The first-order valence-electron chi connectivity index (χ1n) is 9.65. The molecule has 166 valence electrons. The number of rotatable bonds is 6. The Balaban J connectivity index is 1.69. The zero-order valence-corrected chi connectivity index (χ0v) is 19.7. The molecule has 2 aromatic carbocycles. The van der Waals surface area contributed by atoms with Gasteiger partial charge in [-0.3, -0.25) is 9.59 Å². The highest BCUT2D eigenvalue weighted by atomic mass is 79.9. The number of halogens is 1. The molecule has 3 rings (SSSR count). The number of anilines is 1. The highest BCUT2D eigenvalue weighted by Gasteiger charge is 2.16. The summed E-state index contributed by atoms with van der Waals surface area (Å²) in [5.74, 6) is -0.877. The lowest BCUT2D eigenvalue weighted by Gasteiger charge is -2.11. The van der Waals surface area contributed by atoms with Gasteiger partial charge in [0.05, 0.1) is 26.1 Å². The molecule has 0 unspecified atom stereocenters. The van der Waals surface area contributed by atoms with Crippen LogP contribution in [-0.2, 0) is 9.59 Å². The molecule has 1 aromatic heterocycles. The molecule has 0 aliphatic rings. The monoisotopic (exact) mass is 498 g/mol. The van der Waals surface area contributed by atoms with Crippen LogP contribution < -0.4 is 20.2 Å². The molecule has 0 saturated heterocycles. The molecule has 0 bridgehead atoms. The predicted octanol–water partition coefficient (Wildman–Crippen LogP) is 3.96. The van der Waals surface area contributed by atoms with Crippen LogP contribution in [0.2, 0.25) is 0 Å². The molecule has 0 spiro atoms. The van der Waals surface area contributed by atoms with Crippen molar-refractivity contribution >= 4 is 39.6 Å². The summed E-state index contributed by atoms with van der Waals surface area (Å²) in [6.45, 7) is 3.94. The lowest BCUT2D eigenvalue weighted by molar-refractivity contribution is -0.136. The number of nitrogens with zero attached hydrogens (tertiary/aromatic N) is 2. The van der Waals surface area contributed by atoms with Gasteiger partial charge in [0.25, 0.3) is 0 Å². The van der Waals surface area contributed by atoms with Crippen molar-refractivity contribution in [3.8, 4) is 17.2 Å². The number of hydrogen-bond acceptors (Lipinski definition) is 5. The van der Waals surface area contributed by atoms with Crippen LogP contribution >= 0.6 is 15.9 Å². The second kappa shape index (κ2) is 10.1. The van der Waals surface area contributed by atoms with E-state index in [4.69, 9.17) is 9.47 Å². The normalized spacial score (nSPS) is 10.8. The molecular weight excluding hydrogens is 476 g/mol. The van der Waals surface area contributed by atoms with Gasteiger partial charge in [-0.15, -0.1) is 0 Å². The molecule has 1 heterocycles. The Kier molecular flexibility index (Phi) is 7.32. The molecule has 0 fully saturated rings. The minimum absolute atomic E-state index is 0.314. The maximum Gasteiger partial charge on any atom is 0.329 e. The number of aromatic nitrogens is 1. The van der Waals surface area contributed by atoms with Gasteiger partial charge in [-0.2, -0.15) is 5.10 Å². The van der Waals surface area contributed by atoms with Gasteiger partial charge < -0.3 is 19.4 Å². The largest absolute Gasteiger partial charge is 0.497 e. The zero-order chi connectivity index (χ0) is 23.3. The van der Waals surface area contributed by atoms with Crippen molar-refractivity contribution in [3.63, 3.8) is 0 Å². The first-order valence-corrected chi connectivity index (χ1v) is 10.4. The van der Waals surface area contributed by atoms with Crippen LogP contribution in [0.3, 0.4) is 0 Å². The standard InChI is InChI=1S/C23H23BrN4O4/c1-14-11-16(15(2)28(14)18-7-5-17(24)6-8-18)13-25-27-23(30)22(29)26-20-12-19(31-3)9-10-21(20)32-4/h5-13H,1-4H3,(H,26,29)(H,27,30)/b25-13-. The van der Waals surface area contributed by atoms with Gasteiger partial charge in [0.1, 0.15) is 11.5 Å². The van der Waals surface area contributed by atoms with E-state index in [1.165, 1.54) is 20.4 Å². The number of hydrogen-bond donors (Lipinski definition) is 2. The summed E-state index contributed by atoms with van der Waals surface area (Å²) in [7, 11) is 2.97. The number of ether oxygens (including phenoxy) is 2. The second-order valence-electron chi connectivity index (χ2n) is 6.86. The number of amides is 2. The number of methoxy groups -OCH3 is 2. The lowest BCUT2D eigenvalue weighted by Crippen LogP contribution is -2.32. The Hall–Kier alpha value is -3.59. The Morgan fingerprint density at radius 1 is 1.00 bits per heavy atom. The van der Waals surface area contributed by atoms with E-state index in [1.54, 1.807) is 18.2 Å². The molecule has 0 aliphatic carbocycles. The average Bonchev–Trinajstić information content (AvgIpc) is 3.07. The fourth-order valence-corrected chi connectivity index (χ4v) is 3.47. The van der Waals surface area contributed by atoms with Gasteiger partial charge in [0, 0.05) is 33.2 Å². The van der Waals surface area contributed by atoms with E-state index in [1.807, 2.05) is 44.2 Å². The van der Waals surface area contributed by atoms with E-state index in [9.17, 15) is 9.59 Å².